The molecule has 4 aromatic carbocycles. The minimum Gasteiger partial charge on any atom is -0.309 e. The van der Waals surface area contributed by atoms with E-state index in [4.69, 9.17) is 15.0 Å². The van der Waals surface area contributed by atoms with E-state index in [2.05, 4.69) is 162 Å². The first kappa shape index (κ1) is 32.6. The third-order valence-corrected chi connectivity index (χ3v) is 8.89. The molecule has 2 aromatic heterocycles. The second kappa shape index (κ2) is 12.7. The Morgan fingerprint density at radius 1 is 0.583 bits per heavy atom. The van der Waals surface area contributed by atoms with Crippen LogP contribution < -0.4 is 0 Å². The Balaban J connectivity index is 1.48. The standard InChI is InChI=1S/C44H44N4/c1-10-14-36-37(12-3)48(38-16-13-15-29(11-2)39(36)38)35-27-21-32(22-28-35)42-46-40(30-17-23-33(24-18-30)43(4,5)6)45-41(47-42)31-19-25-34(26-20-31)44(7,8)9/h10-28H,2-3H2,1,4-9H3/b14-10-. The lowest BCUT2D eigenvalue weighted by molar-refractivity contribution is 0.590. The zero-order valence-corrected chi connectivity index (χ0v) is 29.2. The Kier molecular flexibility index (Phi) is 8.61. The van der Waals surface area contributed by atoms with Crippen LogP contribution in [0.1, 0.15) is 76.4 Å². The van der Waals surface area contributed by atoms with Crippen LogP contribution in [0.15, 0.2) is 110 Å². The van der Waals surface area contributed by atoms with E-state index in [1.54, 1.807) is 0 Å². The lowest BCUT2D eigenvalue weighted by atomic mass is 9.86. The zero-order valence-electron chi connectivity index (χ0n) is 29.2. The van der Waals surface area contributed by atoms with Gasteiger partial charge < -0.3 is 4.57 Å². The third-order valence-electron chi connectivity index (χ3n) is 8.89. The highest BCUT2D eigenvalue weighted by molar-refractivity contribution is 6.00. The second-order valence-electron chi connectivity index (χ2n) is 14.3. The number of allylic oxidation sites excluding steroid dienone is 1. The normalized spacial score (nSPS) is 12.1. The first-order chi connectivity index (χ1) is 22.9. The smallest absolute Gasteiger partial charge is 0.164 e. The summed E-state index contributed by atoms with van der Waals surface area (Å²) in [4.78, 5) is 15.0. The molecule has 0 radical (unpaired) electrons. The highest BCUT2D eigenvalue weighted by Gasteiger charge is 2.19. The molecule has 0 N–H and O–H groups in total. The van der Waals surface area contributed by atoms with Gasteiger partial charge in [-0.25, -0.2) is 15.0 Å². The number of fused-ring (bicyclic) bond motifs is 1. The van der Waals surface area contributed by atoms with Crippen molar-refractivity contribution >= 4 is 29.1 Å². The molecule has 6 rings (SSSR count). The minimum absolute atomic E-state index is 0.0574. The van der Waals surface area contributed by atoms with E-state index in [1.807, 2.05) is 19.1 Å². The molecule has 4 nitrogen and oxygen atoms in total. The third kappa shape index (κ3) is 6.18. The number of benzene rings is 4. The summed E-state index contributed by atoms with van der Waals surface area (Å²) in [5.74, 6) is 1.93. The number of aromatic nitrogens is 4. The Bertz CT molecular complexity index is 2070. The SMILES string of the molecule is C=Cc1cccc2c1c(/C=C\C)c(C=C)n2-c1ccc(-c2nc(-c3ccc(C(C)(C)C)cc3)nc(-c3ccc(C(C)(C)C)cc3)n2)cc1. The molecule has 2 heterocycles. The van der Waals surface area contributed by atoms with Gasteiger partial charge in [-0.1, -0.05) is 134 Å². The molecule has 0 aliphatic rings. The first-order valence-electron chi connectivity index (χ1n) is 16.6. The quantitative estimate of drug-likeness (QED) is 0.177. The first-order valence-corrected chi connectivity index (χ1v) is 16.6. The predicted molar refractivity (Wildman–Crippen MR) is 205 cm³/mol. The van der Waals surface area contributed by atoms with Crippen LogP contribution in [0.3, 0.4) is 0 Å². The van der Waals surface area contributed by atoms with Crippen LogP contribution in [0.2, 0.25) is 0 Å². The molecule has 240 valence electrons. The number of rotatable bonds is 7. The van der Waals surface area contributed by atoms with Crippen LogP contribution in [-0.2, 0) is 10.8 Å². The maximum Gasteiger partial charge on any atom is 0.164 e. The summed E-state index contributed by atoms with van der Waals surface area (Å²) in [6.45, 7) is 23.6. The Morgan fingerprint density at radius 3 is 1.44 bits per heavy atom. The summed E-state index contributed by atoms with van der Waals surface area (Å²) in [6, 6.07) is 31.9. The highest BCUT2D eigenvalue weighted by atomic mass is 15.0. The monoisotopic (exact) mass is 628 g/mol. The van der Waals surface area contributed by atoms with Crippen LogP contribution in [0.25, 0.3) is 69.0 Å². The van der Waals surface area contributed by atoms with E-state index in [-0.39, 0.29) is 10.8 Å². The molecular formula is C44H44N4. The molecule has 0 fully saturated rings. The van der Waals surface area contributed by atoms with E-state index in [0.29, 0.717) is 17.5 Å². The fourth-order valence-corrected chi connectivity index (χ4v) is 6.16. The van der Waals surface area contributed by atoms with Gasteiger partial charge in [-0.05, 0) is 70.9 Å². The van der Waals surface area contributed by atoms with Gasteiger partial charge in [0.15, 0.2) is 17.5 Å². The number of hydrogen-bond donors (Lipinski definition) is 0. The lowest BCUT2D eigenvalue weighted by Crippen LogP contribution is -2.10. The van der Waals surface area contributed by atoms with Gasteiger partial charge in [0, 0.05) is 33.3 Å². The van der Waals surface area contributed by atoms with Crippen molar-refractivity contribution in [1.29, 1.82) is 0 Å². The van der Waals surface area contributed by atoms with E-state index < -0.39 is 0 Å². The van der Waals surface area contributed by atoms with Crippen molar-refractivity contribution in [2.24, 2.45) is 0 Å². The zero-order chi connectivity index (χ0) is 34.2. The molecule has 0 saturated carbocycles. The van der Waals surface area contributed by atoms with Crippen LogP contribution in [0, 0.1) is 0 Å². The molecule has 4 heteroatoms. The van der Waals surface area contributed by atoms with Gasteiger partial charge >= 0.3 is 0 Å². The van der Waals surface area contributed by atoms with Crippen molar-refractivity contribution in [3.63, 3.8) is 0 Å². The van der Waals surface area contributed by atoms with Crippen molar-refractivity contribution < 1.29 is 0 Å². The summed E-state index contributed by atoms with van der Waals surface area (Å²) in [6.07, 6.45) is 8.06. The molecule has 0 spiro atoms. The molecule has 0 amide bonds. The predicted octanol–water partition coefficient (Wildman–Crippen LogP) is 11.7. The second-order valence-corrected chi connectivity index (χ2v) is 14.3. The molecule has 48 heavy (non-hydrogen) atoms. The molecule has 0 aliphatic carbocycles. The van der Waals surface area contributed by atoms with E-state index in [1.165, 1.54) is 11.1 Å². The highest BCUT2D eigenvalue weighted by Crippen LogP contribution is 2.35. The fraction of sp³-hybridized carbons (Fsp3) is 0.205. The Labute approximate surface area is 285 Å². The Hall–Kier alpha value is -5.35. The topological polar surface area (TPSA) is 43.6 Å². The average Bonchev–Trinajstić information content (AvgIpc) is 3.41. The van der Waals surface area contributed by atoms with E-state index >= 15 is 0 Å². The van der Waals surface area contributed by atoms with Gasteiger partial charge in [0.05, 0.1) is 11.2 Å². The summed E-state index contributed by atoms with van der Waals surface area (Å²) in [7, 11) is 0. The summed E-state index contributed by atoms with van der Waals surface area (Å²) < 4.78 is 2.26. The van der Waals surface area contributed by atoms with Crippen LogP contribution >= 0.6 is 0 Å². The Morgan fingerprint density at radius 2 is 1.04 bits per heavy atom. The van der Waals surface area contributed by atoms with Crippen molar-refractivity contribution in [3.8, 4) is 39.9 Å². The number of hydrogen-bond acceptors (Lipinski definition) is 3. The summed E-state index contributed by atoms with van der Waals surface area (Å²) in [5, 5.41) is 1.16. The summed E-state index contributed by atoms with van der Waals surface area (Å²) in [5.41, 5.74) is 10.9. The molecule has 0 aliphatic heterocycles. The van der Waals surface area contributed by atoms with Crippen LogP contribution in [0.4, 0.5) is 0 Å². The van der Waals surface area contributed by atoms with Gasteiger partial charge in [-0.2, -0.15) is 0 Å². The van der Waals surface area contributed by atoms with Crippen molar-refractivity contribution in [2.45, 2.75) is 59.3 Å². The maximum atomic E-state index is 5.02. The van der Waals surface area contributed by atoms with Gasteiger partial charge in [0.25, 0.3) is 0 Å². The maximum absolute atomic E-state index is 5.02. The van der Waals surface area contributed by atoms with Gasteiger partial charge in [-0.3, -0.25) is 0 Å². The number of nitrogens with zero attached hydrogens (tertiary/aromatic N) is 4. The minimum atomic E-state index is 0.0574. The lowest BCUT2D eigenvalue weighted by Gasteiger charge is -2.19. The molecule has 0 bridgehead atoms. The van der Waals surface area contributed by atoms with Crippen LogP contribution in [0.5, 0.6) is 0 Å². The fourth-order valence-electron chi connectivity index (χ4n) is 6.16. The van der Waals surface area contributed by atoms with E-state index in [9.17, 15) is 0 Å². The molecule has 6 aromatic rings. The van der Waals surface area contributed by atoms with Crippen molar-refractivity contribution in [3.05, 3.63) is 138 Å². The average molecular weight is 629 g/mol. The van der Waals surface area contributed by atoms with Gasteiger partial charge in [0.1, 0.15) is 0 Å². The summed E-state index contributed by atoms with van der Waals surface area (Å²) >= 11 is 0. The molecule has 0 saturated heterocycles. The van der Waals surface area contributed by atoms with Gasteiger partial charge in [-0.15, -0.1) is 0 Å². The van der Waals surface area contributed by atoms with Crippen molar-refractivity contribution in [1.82, 2.24) is 19.5 Å². The van der Waals surface area contributed by atoms with Crippen LogP contribution in [-0.4, -0.2) is 19.5 Å². The molecular weight excluding hydrogens is 585 g/mol. The van der Waals surface area contributed by atoms with Crippen molar-refractivity contribution in [2.75, 3.05) is 0 Å². The van der Waals surface area contributed by atoms with Gasteiger partial charge in [0.2, 0.25) is 0 Å². The molecule has 0 unspecified atom stereocenters. The molecule has 0 atom stereocenters. The largest absolute Gasteiger partial charge is 0.309 e. The van der Waals surface area contributed by atoms with E-state index in [0.717, 1.165) is 50.1 Å².